The maximum atomic E-state index is 12.9. The summed E-state index contributed by atoms with van der Waals surface area (Å²) in [6, 6.07) is 30.1. The number of imidazole rings is 1. The normalized spacial score (nSPS) is 12.9. The van der Waals surface area contributed by atoms with Crippen LogP contribution in [-0.2, 0) is 29.2 Å². The maximum absolute atomic E-state index is 12.9. The van der Waals surface area contributed by atoms with Gasteiger partial charge in [0.05, 0.1) is 23.7 Å². The molecule has 11 heteroatoms. The number of hydrogen-bond donors (Lipinski definition) is 1. The largest absolute Gasteiger partial charge is 0.490 e. The van der Waals surface area contributed by atoms with Gasteiger partial charge in [0.25, 0.3) is 5.56 Å². The second-order valence-corrected chi connectivity index (χ2v) is 10.8. The SMILES string of the molecule is COC(c1ccc2ccccc2c1)(c1ccc2c(c1)c(-c1cccc(Cl)c1)cc(=O)n2C)c1cncn1C.O=C(O)C(F)(F)F. The van der Waals surface area contributed by atoms with E-state index < -0.39 is 17.7 Å². The Hall–Kier alpha value is -4.93. The van der Waals surface area contributed by atoms with Gasteiger partial charge in [-0.15, -0.1) is 0 Å². The first-order valence-corrected chi connectivity index (χ1v) is 14.0. The number of carboxylic acids is 1. The minimum atomic E-state index is -5.08. The second kappa shape index (κ2) is 12.2. The molecule has 1 unspecified atom stereocenters. The second-order valence-electron chi connectivity index (χ2n) is 10.3. The van der Waals surface area contributed by atoms with Gasteiger partial charge < -0.3 is 19.0 Å². The third-order valence-corrected chi connectivity index (χ3v) is 7.91. The lowest BCUT2D eigenvalue weighted by atomic mass is 9.81. The Bertz CT molecular complexity index is 2110. The molecule has 45 heavy (non-hydrogen) atoms. The van der Waals surface area contributed by atoms with Crippen molar-refractivity contribution in [1.82, 2.24) is 14.1 Å². The van der Waals surface area contributed by atoms with Crippen molar-refractivity contribution in [3.8, 4) is 11.1 Å². The minimum absolute atomic E-state index is 0.0839. The van der Waals surface area contributed by atoms with Crippen LogP contribution in [0.4, 0.5) is 13.2 Å². The number of alkyl halides is 3. The van der Waals surface area contributed by atoms with Crippen LogP contribution in [0.3, 0.4) is 0 Å². The summed E-state index contributed by atoms with van der Waals surface area (Å²) in [5.74, 6) is -2.76. The van der Waals surface area contributed by atoms with Crippen LogP contribution in [0.25, 0.3) is 32.8 Å². The standard InChI is InChI=1S/C32H26ClN3O2.C2HF3O2/c1-35-20-34-19-30(35)32(38-3,24-12-11-21-7-4-5-8-22(21)15-24)25-13-14-29-28(17-25)27(18-31(37)36(29)2)23-9-6-10-26(33)16-23;3-2(4,5)1(6)7/h4-20H,1-3H3;(H,6,7). The van der Waals surface area contributed by atoms with E-state index in [2.05, 4.69) is 41.4 Å². The molecule has 1 N–H and O–H groups in total. The van der Waals surface area contributed by atoms with Gasteiger partial charge in [0.1, 0.15) is 0 Å². The first-order valence-electron chi connectivity index (χ1n) is 13.6. The highest BCUT2D eigenvalue weighted by Gasteiger charge is 2.40. The van der Waals surface area contributed by atoms with Crippen LogP contribution in [-0.4, -0.2) is 38.5 Å². The summed E-state index contributed by atoms with van der Waals surface area (Å²) in [5.41, 5.74) is 4.29. The molecule has 0 aliphatic heterocycles. The molecule has 0 amide bonds. The molecule has 0 aliphatic rings. The Morgan fingerprint density at radius 2 is 1.56 bits per heavy atom. The zero-order valence-corrected chi connectivity index (χ0v) is 25.1. The van der Waals surface area contributed by atoms with Gasteiger partial charge in [0.2, 0.25) is 0 Å². The number of aryl methyl sites for hydroxylation is 2. The summed E-state index contributed by atoms with van der Waals surface area (Å²) in [4.78, 5) is 26.3. The molecule has 0 spiro atoms. The molecule has 7 nitrogen and oxygen atoms in total. The molecular weight excluding hydrogens is 607 g/mol. The summed E-state index contributed by atoms with van der Waals surface area (Å²) in [6.07, 6.45) is -1.45. The number of carbonyl (C=O) groups is 1. The van der Waals surface area contributed by atoms with E-state index in [9.17, 15) is 18.0 Å². The molecule has 0 bridgehead atoms. The van der Waals surface area contributed by atoms with Crippen molar-refractivity contribution in [2.75, 3.05) is 7.11 Å². The number of aliphatic carboxylic acids is 1. The number of carboxylic acid groups (broad SMARTS) is 1. The van der Waals surface area contributed by atoms with Crippen LogP contribution < -0.4 is 5.56 Å². The molecule has 0 aliphatic carbocycles. The molecular formula is C34H27ClF3N3O4. The number of ether oxygens (including phenoxy) is 1. The Morgan fingerprint density at radius 3 is 2.18 bits per heavy atom. The Balaban J connectivity index is 0.000000515. The topological polar surface area (TPSA) is 86.4 Å². The number of hydrogen-bond acceptors (Lipinski definition) is 4. The van der Waals surface area contributed by atoms with Gasteiger partial charge in [0, 0.05) is 37.7 Å². The van der Waals surface area contributed by atoms with Crippen LogP contribution >= 0.6 is 11.6 Å². The molecule has 0 fully saturated rings. The summed E-state index contributed by atoms with van der Waals surface area (Å²) in [7, 11) is 5.49. The fourth-order valence-electron chi connectivity index (χ4n) is 5.48. The molecule has 1 atom stereocenters. The van der Waals surface area contributed by atoms with Crippen molar-refractivity contribution in [3.05, 3.63) is 136 Å². The van der Waals surface area contributed by atoms with Gasteiger partial charge in [-0.1, -0.05) is 66.2 Å². The van der Waals surface area contributed by atoms with Crippen molar-refractivity contribution < 1.29 is 27.8 Å². The number of halogens is 4. The van der Waals surface area contributed by atoms with E-state index in [1.807, 2.05) is 66.3 Å². The Kier molecular flexibility index (Phi) is 8.55. The molecule has 0 saturated carbocycles. The third-order valence-electron chi connectivity index (χ3n) is 7.67. The molecule has 4 aromatic carbocycles. The smallest absolute Gasteiger partial charge is 0.475 e. The molecule has 6 aromatic rings. The quantitative estimate of drug-likeness (QED) is 0.215. The van der Waals surface area contributed by atoms with Crippen molar-refractivity contribution in [1.29, 1.82) is 0 Å². The lowest BCUT2D eigenvalue weighted by molar-refractivity contribution is -0.192. The van der Waals surface area contributed by atoms with Crippen molar-refractivity contribution in [2.45, 2.75) is 11.8 Å². The van der Waals surface area contributed by atoms with Gasteiger partial charge in [0.15, 0.2) is 5.60 Å². The predicted molar refractivity (Wildman–Crippen MR) is 167 cm³/mol. The summed E-state index contributed by atoms with van der Waals surface area (Å²) >= 11 is 6.34. The first-order chi connectivity index (χ1) is 21.4. The molecule has 2 aromatic heterocycles. The van der Waals surface area contributed by atoms with Crippen LogP contribution in [0, 0.1) is 0 Å². The third kappa shape index (κ3) is 5.94. The minimum Gasteiger partial charge on any atom is -0.475 e. The lowest BCUT2D eigenvalue weighted by Gasteiger charge is -2.34. The van der Waals surface area contributed by atoms with Crippen molar-refractivity contribution >= 4 is 39.2 Å². The van der Waals surface area contributed by atoms with Crippen molar-refractivity contribution in [2.24, 2.45) is 14.1 Å². The molecule has 0 saturated heterocycles. The van der Waals surface area contributed by atoms with E-state index in [1.165, 1.54) is 0 Å². The molecule has 6 rings (SSSR count). The summed E-state index contributed by atoms with van der Waals surface area (Å²) in [5, 5.41) is 10.9. The number of benzene rings is 4. The highest BCUT2D eigenvalue weighted by Crippen LogP contribution is 2.42. The predicted octanol–water partition coefficient (Wildman–Crippen LogP) is 7.32. The van der Waals surface area contributed by atoms with E-state index in [1.54, 1.807) is 31.1 Å². The summed E-state index contributed by atoms with van der Waals surface area (Å²) in [6.45, 7) is 0. The number of nitrogens with zero attached hydrogens (tertiary/aromatic N) is 3. The monoisotopic (exact) mass is 633 g/mol. The number of aromatic nitrogens is 3. The average Bonchev–Trinajstić information content (AvgIpc) is 3.45. The van der Waals surface area contributed by atoms with E-state index in [4.69, 9.17) is 26.2 Å². The average molecular weight is 634 g/mol. The van der Waals surface area contributed by atoms with Gasteiger partial charge in [-0.25, -0.2) is 9.78 Å². The van der Waals surface area contributed by atoms with E-state index >= 15 is 0 Å². The molecule has 2 heterocycles. The number of fused-ring (bicyclic) bond motifs is 2. The van der Waals surface area contributed by atoms with Gasteiger partial charge in [-0.2, -0.15) is 13.2 Å². The first kappa shape index (κ1) is 31.5. The maximum Gasteiger partial charge on any atom is 0.490 e. The zero-order chi connectivity index (χ0) is 32.5. The highest BCUT2D eigenvalue weighted by atomic mass is 35.5. The number of methoxy groups -OCH3 is 1. The Morgan fingerprint density at radius 1 is 0.889 bits per heavy atom. The molecule has 230 valence electrons. The number of pyridine rings is 1. The summed E-state index contributed by atoms with van der Waals surface area (Å²) < 4.78 is 41.9. The van der Waals surface area contributed by atoms with Gasteiger partial charge >= 0.3 is 12.1 Å². The fourth-order valence-corrected chi connectivity index (χ4v) is 5.67. The van der Waals surface area contributed by atoms with Crippen LogP contribution in [0.15, 0.2) is 108 Å². The lowest BCUT2D eigenvalue weighted by Crippen LogP contribution is -2.33. The van der Waals surface area contributed by atoms with Crippen LogP contribution in [0.1, 0.15) is 16.8 Å². The highest BCUT2D eigenvalue weighted by molar-refractivity contribution is 6.30. The van der Waals surface area contributed by atoms with Crippen molar-refractivity contribution in [3.63, 3.8) is 0 Å². The van der Waals surface area contributed by atoms with Gasteiger partial charge in [-0.3, -0.25) is 4.79 Å². The number of rotatable bonds is 5. The van der Waals surface area contributed by atoms with Gasteiger partial charge in [-0.05, 0) is 63.4 Å². The molecule has 0 radical (unpaired) electrons. The van der Waals surface area contributed by atoms with E-state index in [-0.39, 0.29) is 5.56 Å². The van der Waals surface area contributed by atoms with Crippen LogP contribution in [0.5, 0.6) is 0 Å². The fraction of sp³-hybridized carbons (Fsp3) is 0.147. The zero-order valence-electron chi connectivity index (χ0n) is 24.3. The Labute approximate surface area is 260 Å². The van der Waals surface area contributed by atoms with E-state index in [0.29, 0.717) is 5.02 Å². The van der Waals surface area contributed by atoms with E-state index in [0.717, 1.165) is 49.6 Å². The van der Waals surface area contributed by atoms with Crippen LogP contribution in [0.2, 0.25) is 5.02 Å².